The van der Waals surface area contributed by atoms with Crippen molar-refractivity contribution < 1.29 is 14.0 Å². The maximum atomic E-state index is 13.4. The van der Waals surface area contributed by atoms with E-state index in [2.05, 4.69) is 58.7 Å². The van der Waals surface area contributed by atoms with E-state index in [1.807, 2.05) is 23.3 Å². The summed E-state index contributed by atoms with van der Waals surface area (Å²) in [6, 6.07) is 23.9. The van der Waals surface area contributed by atoms with Gasteiger partial charge in [-0.1, -0.05) is 60.7 Å². The highest BCUT2D eigenvalue weighted by atomic mass is 32.2. The number of carbonyl (C=O) groups is 2. The predicted molar refractivity (Wildman–Crippen MR) is 136 cm³/mol. The third-order valence-electron chi connectivity index (χ3n) is 6.18. The Labute approximate surface area is 205 Å². The quantitative estimate of drug-likeness (QED) is 0.503. The van der Waals surface area contributed by atoms with Gasteiger partial charge in [-0.05, 0) is 41.7 Å². The number of amides is 2. The van der Waals surface area contributed by atoms with Crippen LogP contribution in [0.5, 0.6) is 0 Å². The van der Waals surface area contributed by atoms with Crippen LogP contribution in [0.1, 0.15) is 34.1 Å². The molecule has 2 heterocycles. The minimum atomic E-state index is -0.560. The Hall–Kier alpha value is -3.03. The summed E-state index contributed by atoms with van der Waals surface area (Å²) in [4.78, 5) is 30.2. The molecule has 1 saturated heterocycles. The van der Waals surface area contributed by atoms with E-state index >= 15 is 0 Å². The molecule has 34 heavy (non-hydrogen) atoms. The van der Waals surface area contributed by atoms with E-state index in [0.717, 1.165) is 18.8 Å². The SMILES string of the molecule is CSCC[C@@H](NC(=O)c1ccco1)C(=O)N1CCN(C(c2ccccc2)c2ccccc2)CC1. The predicted octanol–water partition coefficient (Wildman–Crippen LogP) is 4.06. The Morgan fingerprint density at radius 2 is 1.53 bits per heavy atom. The summed E-state index contributed by atoms with van der Waals surface area (Å²) in [5.41, 5.74) is 2.49. The van der Waals surface area contributed by atoms with Crippen molar-refractivity contribution in [1.29, 1.82) is 0 Å². The largest absolute Gasteiger partial charge is 0.459 e. The fourth-order valence-corrected chi connectivity index (χ4v) is 4.91. The van der Waals surface area contributed by atoms with Gasteiger partial charge in [0.15, 0.2) is 5.76 Å². The maximum Gasteiger partial charge on any atom is 0.287 e. The first-order valence-electron chi connectivity index (χ1n) is 11.6. The van der Waals surface area contributed by atoms with Crippen LogP contribution in [0.15, 0.2) is 83.5 Å². The van der Waals surface area contributed by atoms with Crippen molar-refractivity contribution in [2.45, 2.75) is 18.5 Å². The first-order valence-corrected chi connectivity index (χ1v) is 13.0. The molecular formula is C27H31N3O3S. The molecule has 1 aromatic heterocycles. The highest BCUT2D eigenvalue weighted by Crippen LogP contribution is 2.29. The van der Waals surface area contributed by atoms with E-state index in [1.54, 1.807) is 23.9 Å². The molecule has 0 unspecified atom stereocenters. The van der Waals surface area contributed by atoms with Crippen molar-refractivity contribution in [3.8, 4) is 0 Å². The number of benzene rings is 2. The first kappa shape index (κ1) is 24.1. The van der Waals surface area contributed by atoms with Gasteiger partial charge in [0.2, 0.25) is 5.91 Å². The topological polar surface area (TPSA) is 65.8 Å². The Kier molecular flexibility index (Phi) is 8.44. The average molecular weight is 478 g/mol. The van der Waals surface area contributed by atoms with Crippen LogP contribution in [-0.2, 0) is 4.79 Å². The molecule has 2 amide bonds. The van der Waals surface area contributed by atoms with Crippen molar-refractivity contribution in [2.24, 2.45) is 0 Å². The first-order chi connectivity index (χ1) is 16.7. The molecule has 0 aliphatic carbocycles. The second-order valence-electron chi connectivity index (χ2n) is 8.37. The highest BCUT2D eigenvalue weighted by molar-refractivity contribution is 7.98. The van der Waals surface area contributed by atoms with E-state index in [0.29, 0.717) is 19.5 Å². The van der Waals surface area contributed by atoms with Crippen molar-refractivity contribution in [3.05, 3.63) is 95.9 Å². The van der Waals surface area contributed by atoms with Crippen LogP contribution in [0.4, 0.5) is 0 Å². The van der Waals surface area contributed by atoms with Gasteiger partial charge in [0.1, 0.15) is 6.04 Å². The number of nitrogens with one attached hydrogen (secondary N) is 1. The van der Waals surface area contributed by atoms with Crippen LogP contribution >= 0.6 is 11.8 Å². The zero-order valence-corrected chi connectivity index (χ0v) is 20.2. The van der Waals surface area contributed by atoms with Crippen LogP contribution in [-0.4, -0.2) is 65.8 Å². The van der Waals surface area contributed by atoms with Gasteiger partial charge in [-0.15, -0.1) is 0 Å². The van der Waals surface area contributed by atoms with Gasteiger partial charge in [0.05, 0.1) is 12.3 Å². The summed E-state index contributed by atoms with van der Waals surface area (Å²) in [6.07, 6.45) is 4.05. The fraction of sp³-hybridized carbons (Fsp3) is 0.333. The number of hydrogen-bond donors (Lipinski definition) is 1. The summed E-state index contributed by atoms with van der Waals surface area (Å²) < 4.78 is 5.20. The van der Waals surface area contributed by atoms with E-state index < -0.39 is 6.04 Å². The van der Waals surface area contributed by atoms with Gasteiger partial charge in [0, 0.05) is 26.2 Å². The molecule has 4 rings (SSSR count). The molecular weight excluding hydrogens is 446 g/mol. The van der Waals surface area contributed by atoms with Gasteiger partial charge < -0.3 is 14.6 Å². The zero-order chi connectivity index (χ0) is 23.8. The molecule has 0 saturated carbocycles. The molecule has 2 aromatic carbocycles. The van der Waals surface area contributed by atoms with E-state index in [4.69, 9.17) is 4.42 Å². The highest BCUT2D eigenvalue weighted by Gasteiger charge is 2.32. The van der Waals surface area contributed by atoms with Gasteiger partial charge in [-0.3, -0.25) is 14.5 Å². The van der Waals surface area contributed by atoms with Crippen molar-refractivity contribution in [2.75, 3.05) is 38.2 Å². The van der Waals surface area contributed by atoms with Gasteiger partial charge in [0.25, 0.3) is 5.91 Å². The lowest BCUT2D eigenvalue weighted by molar-refractivity contribution is -0.135. The third kappa shape index (κ3) is 5.90. The van der Waals surface area contributed by atoms with Crippen LogP contribution < -0.4 is 5.32 Å². The summed E-state index contributed by atoms with van der Waals surface area (Å²) >= 11 is 1.66. The number of hydrogen-bond acceptors (Lipinski definition) is 5. The van der Waals surface area contributed by atoms with Crippen LogP contribution in [0.2, 0.25) is 0 Å². The normalized spacial score (nSPS) is 15.3. The molecule has 6 nitrogen and oxygen atoms in total. The van der Waals surface area contributed by atoms with Crippen LogP contribution in [0, 0.1) is 0 Å². The second-order valence-corrected chi connectivity index (χ2v) is 9.36. The minimum absolute atomic E-state index is 0.0235. The maximum absolute atomic E-state index is 13.4. The Morgan fingerprint density at radius 3 is 2.06 bits per heavy atom. The summed E-state index contributed by atoms with van der Waals surface area (Å²) in [5.74, 6) is 0.639. The van der Waals surface area contributed by atoms with Gasteiger partial charge in [-0.25, -0.2) is 0 Å². The number of furan rings is 1. The average Bonchev–Trinajstić information content (AvgIpc) is 3.43. The lowest BCUT2D eigenvalue weighted by Crippen LogP contribution is -2.55. The van der Waals surface area contributed by atoms with Gasteiger partial charge >= 0.3 is 0 Å². The second kappa shape index (κ2) is 11.9. The molecule has 0 spiro atoms. The molecule has 0 radical (unpaired) electrons. The molecule has 1 atom stereocenters. The van der Waals surface area contributed by atoms with Crippen LogP contribution in [0.3, 0.4) is 0 Å². The Bertz CT molecular complexity index is 996. The number of piperazine rings is 1. The van der Waals surface area contributed by atoms with Crippen LogP contribution in [0.25, 0.3) is 0 Å². The smallest absolute Gasteiger partial charge is 0.287 e. The lowest BCUT2D eigenvalue weighted by atomic mass is 9.96. The van der Waals surface area contributed by atoms with E-state index in [9.17, 15) is 9.59 Å². The number of thioether (sulfide) groups is 1. The van der Waals surface area contributed by atoms with Crippen molar-refractivity contribution >= 4 is 23.6 Å². The monoisotopic (exact) mass is 477 g/mol. The molecule has 3 aromatic rings. The third-order valence-corrected chi connectivity index (χ3v) is 6.82. The zero-order valence-electron chi connectivity index (χ0n) is 19.4. The van der Waals surface area contributed by atoms with E-state index in [1.165, 1.54) is 17.4 Å². The molecule has 7 heteroatoms. The molecule has 178 valence electrons. The lowest BCUT2D eigenvalue weighted by Gasteiger charge is -2.40. The summed E-state index contributed by atoms with van der Waals surface area (Å²) in [6.45, 7) is 2.78. The summed E-state index contributed by atoms with van der Waals surface area (Å²) in [5, 5.41) is 2.89. The molecule has 0 bridgehead atoms. The number of rotatable bonds is 9. The van der Waals surface area contributed by atoms with Gasteiger partial charge in [-0.2, -0.15) is 11.8 Å². The van der Waals surface area contributed by atoms with Crippen molar-refractivity contribution in [3.63, 3.8) is 0 Å². The summed E-state index contributed by atoms with van der Waals surface area (Å²) in [7, 11) is 0. The Morgan fingerprint density at radius 1 is 0.912 bits per heavy atom. The standard InChI is InChI=1S/C27H31N3O3S/c1-34-20-14-23(28-26(31)24-13-8-19-33-24)27(32)30-17-15-29(16-18-30)25(21-9-4-2-5-10-21)22-11-6-3-7-12-22/h2-13,19,23,25H,14-18,20H2,1H3,(H,28,31)/t23-/m1/s1. The van der Waals surface area contributed by atoms with Crippen molar-refractivity contribution in [1.82, 2.24) is 15.1 Å². The Balaban J connectivity index is 1.44. The minimum Gasteiger partial charge on any atom is -0.459 e. The molecule has 1 aliphatic heterocycles. The number of nitrogens with zero attached hydrogens (tertiary/aromatic N) is 2. The number of carbonyl (C=O) groups excluding carboxylic acids is 2. The molecule has 1 N–H and O–H groups in total. The molecule has 1 aliphatic rings. The fourth-order valence-electron chi connectivity index (χ4n) is 4.44. The van der Waals surface area contributed by atoms with E-state index in [-0.39, 0.29) is 23.6 Å². The molecule has 1 fully saturated rings.